The van der Waals surface area contributed by atoms with Crippen LogP contribution in [0.15, 0.2) is 46.9 Å². The molecule has 1 nitrogen and oxygen atoms in total. The second-order valence-corrected chi connectivity index (χ2v) is 5.98. The molecule has 2 aromatic rings. The third kappa shape index (κ3) is 4.05. The van der Waals surface area contributed by atoms with E-state index in [9.17, 15) is 4.39 Å². The Hall–Kier alpha value is -0.900. The maximum Gasteiger partial charge on any atom is 0.128 e. The SMILES string of the molecule is CCC(NCc1ccc(Br)cc1F)c1cccc(Cl)c1. The summed E-state index contributed by atoms with van der Waals surface area (Å²) in [7, 11) is 0. The minimum atomic E-state index is -0.201. The Morgan fingerprint density at radius 1 is 1.25 bits per heavy atom. The first-order valence-corrected chi connectivity index (χ1v) is 7.70. The summed E-state index contributed by atoms with van der Waals surface area (Å²) in [5, 5.41) is 4.10. The zero-order valence-corrected chi connectivity index (χ0v) is 13.5. The van der Waals surface area contributed by atoms with Crippen LogP contribution in [0, 0.1) is 5.82 Å². The maximum absolute atomic E-state index is 13.8. The lowest BCUT2D eigenvalue weighted by Gasteiger charge is -2.18. The molecular formula is C16H16BrClFN. The molecule has 0 aliphatic carbocycles. The molecule has 1 atom stereocenters. The van der Waals surface area contributed by atoms with Gasteiger partial charge in [-0.15, -0.1) is 0 Å². The summed E-state index contributed by atoms with van der Waals surface area (Å²) in [5.74, 6) is -0.201. The predicted molar refractivity (Wildman–Crippen MR) is 85.4 cm³/mol. The van der Waals surface area contributed by atoms with Gasteiger partial charge in [-0.1, -0.05) is 52.7 Å². The Morgan fingerprint density at radius 3 is 2.70 bits per heavy atom. The molecule has 2 aromatic carbocycles. The van der Waals surface area contributed by atoms with Gasteiger partial charge in [-0.2, -0.15) is 0 Å². The molecule has 4 heteroatoms. The fourth-order valence-corrected chi connectivity index (χ4v) is 2.65. The fourth-order valence-electron chi connectivity index (χ4n) is 2.12. The van der Waals surface area contributed by atoms with Crippen LogP contribution >= 0.6 is 27.5 Å². The zero-order chi connectivity index (χ0) is 14.5. The standard InChI is InChI=1S/C16H16BrClFN/c1-2-16(11-4-3-5-14(18)8-11)20-10-12-6-7-13(17)9-15(12)19/h3-9,16,20H,2,10H2,1H3. The van der Waals surface area contributed by atoms with Gasteiger partial charge in [0.1, 0.15) is 5.82 Å². The van der Waals surface area contributed by atoms with E-state index in [4.69, 9.17) is 11.6 Å². The summed E-state index contributed by atoms with van der Waals surface area (Å²) in [5.41, 5.74) is 1.78. The molecule has 0 aliphatic heterocycles. The number of hydrogen-bond acceptors (Lipinski definition) is 1. The first-order chi connectivity index (χ1) is 9.60. The molecule has 0 heterocycles. The van der Waals surface area contributed by atoms with Crippen LogP contribution in [0.1, 0.15) is 30.5 Å². The molecule has 0 aromatic heterocycles. The molecule has 2 rings (SSSR count). The van der Waals surface area contributed by atoms with Crippen LogP contribution in [0.25, 0.3) is 0 Å². The van der Waals surface area contributed by atoms with Gasteiger partial charge in [0.05, 0.1) is 0 Å². The molecule has 0 spiro atoms. The Labute approximate surface area is 132 Å². The lowest BCUT2D eigenvalue weighted by atomic mass is 10.0. The van der Waals surface area contributed by atoms with Crippen LogP contribution in [0.2, 0.25) is 5.02 Å². The highest BCUT2D eigenvalue weighted by Crippen LogP contribution is 2.22. The molecule has 0 aliphatic rings. The summed E-state index contributed by atoms with van der Waals surface area (Å²) in [6.45, 7) is 2.58. The van der Waals surface area contributed by atoms with Crippen molar-refractivity contribution in [3.05, 3.63) is 68.9 Å². The molecule has 106 valence electrons. The second kappa shape index (κ2) is 7.21. The van der Waals surface area contributed by atoms with Gasteiger partial charge >= 0.3 is 0 Å². The average molecular weight is 357 g/mol. The minimum absolute atomic E-state index is 0.164. The lowest BCUT2D eigenvalue weighted by Crippen LogP contribution is -2.20. The minimum Gasteiger partial charge on any atom is -0.306 e. The van der Waals surface area contributed by atoms with Crippen molar-refractivity contribution in [1.82, 2.24) is 5.32 Å². The van der Waals surface area contributed by atoms with Crippen molar-refractivity contribution in [2.24, 2.45) is 0 Å². The number of benzene rings is 2. The summed E-state index contributed by atoms with van der Waals surface area (Å²) in [4.78, 5) is 0. The van der Waals surface area contributed by atoms with E-state index in [1.54, 1.807) is 6.07 Å². The van der Waals surface area contributed by atoms with Crippen molar-refractivity contribution in [3.63, 3.8) is 0 Å². The molecule has 20 heavy (non-hydrogen) atoms. The Bertz CT molecular complexity index is 588. The number of hydrogen-bond donors (Lipinski definition) is 1. The molecule has 1 unspecified atom stereocenters. The predicted octanol–water partition coefficient (Wildman–Crippen LogP) is 5.48. The van der Waals surface area contributed by atoms with E-state index in [1.807, 2.05) is 30.3 Å². The summed E-state index contributed by atoms with van der Waals surface area (Å²) >= 11 is 9.27. The van der Waals surface area contributed by atoms with Gasteiger partial charge in [-0.25, -0.2) is 4.39 Å². The van der Waals surface area contributed by atoms with Gasteiger partial charge in [0.15, 0.2) is 0 Å². The molecular weight excluding hydrogens is 341 g/mol. The van der Waals surface area contributed by atoms with Crippen LogP contribution < -0.4 is 5.32 Å². The van der Waals surface area contributed by atoms with Crippen LogP contribution in [-0.2, 0) is 6.54 Å². The number of nitrogens with one attached hydrogen (secondary N) is 1. The molecule has 1 N–H and O–H groups in total. The topological polar surface area (TPSA) is 12.0 Å². The summed E-state index contributed by atoms with van der Waals surface area (Å²) in [6, 6.07) is 13.0. The van der Waals surface area contributed by atoms with Crippen LogP contribution in [-0.4, -0.2) is 0 Å². The number of rotatable bonds is 5. The first-order valence-electron chi connectivity index (χ1n) is 6.53. The average Bonchev–Trinajstić information content (AvgIpc) is 2.41. The van der Waals surface area contributed by atoms with E-state index in [-0.39, 0.29) is 11.9 Å². The van der Waals surface area contributed by atoms with Gasteiger partial charge in [-0.05, 0) is 36.2 Å². The molecule has 0 fully saturated rings. The third-order valence-corrected chi connectivity index (χ3v) is 3.94. The monoisotopic (exact) mass is 355 g/mol. The Kier molecular flexibility index (Phi) is 5.58. The van der Waals surface area contributed by atoms with Crippen molar-refractivity contribution in [2.75, 3.05) is 0 Å². The molecule has 0 bridgehead atoms. The highest BCUT2D eigenvalue weighted by molar-refractivity contribution is 9.10. The first kappa shape index (κ1) is 15.5. The van der Waals surface area contributed by atoms with Crippen molar-refractivity contribution in [3.8, 4) is 0 Å². The molecule has 0 saturated carbocycles. The summed E-state index contributed by atoms with van der Waals surface area (Å²) in [6.07, 6.45) is 0.915. The van der Waals surface area contributed by atoms with Crippen LogP contribution in [0.5, 0.6) is 0 Å². The third-order valence-electron chi connectivity index (χ3n) is 3.21. The quantitative estimate of drug-likeness (QED) is 0.747. The van der Waals surface area contributed by atoms with Crippen LogP contribution in [0.3, 0.4) is 0 Å². The normalized spacial score (nSPS) is 12.4. The molecule has 0 saturated heterocycles. The van der Waals surface area contributed by atoms with Gasteiger partial charge in [0.2, 0.25) is 0 Å². The van der Waals surface area contributed by atoms with Gasteiger partial charge in [0.25, 0.3) is 0 Å². The summed E-state index contributed by atoms with van der Waals surface area (Å²) < 4.78 is 14.5. The van der Waals surface area contributed by atoms with E-state index in [0.29, 0.717) is 12.1 Å². The van der Waals surface area contributed by atoms with E-state index in [0.717, 1.165) is 21.5 Å². The molecule has 0 amide bonds. The fraction of sp³-hybridized carbons (Fsp3) is 0.250. The van der Waals surface area contributed by atoms with E-state index < -0.39 is 0 Å². The Morgan fingerprint density at radius 2 is 2.05 bits per heavy atom. The zero-order valence-electron chi connectivity index (χ0n) is 11.2. The highest BCUT2D eigenvalue weighted by atomic mass is 79.9. The lowest BCUT2D eigenvalue weighted by molar-refractivity contribution is 0.504. The highest BCUT2D eigenvalue weighted by Gasteiger charge is 2.10. The van der Waals surface area contributed by atoms with Crippen molar-refractivity contribution < 1.29 is 4.39 Å². The smallest absolute Gasteiger partial charge is 0.128 e. The van der Waals surface area contributed by atoms with E-state index in [1.165, 1.54) is 6.07 Å². The van der Waals surface area contributed by atoms with Crippen molar-refractivity contribution in [1.29, 1.82) is 0 Å². The molecule has 0 radical (unpaired) electrons. The largest absolute Gasteiger partial charge is 0.306 e. The van der Waals surface area contributed by atoms with E-state index in [2.05, 4.69) is 28.2 Å². The maximum atomic E-state index is 13.8. The second-order valence-electron chi connectivity index (χ2n) is 4.63. The van der Waals surface area contributed by atoms with Crippen molar-refractivity contribution in [2.45, 2.75) is 25.9 Å². The van der Waals surface area contributed by atoms with Crippen molar-refractivity contribution >= 4 is 27.5 Å². The van der Waals surface area contributed by atoms with E-state index >= 15 is 0 Å². The van der Waals surface area contributed by atoms with Gasteiger partial charge in [0, 0.05) is 27.6 Å². The number of halogens is 3. The Balaban J connectivity index is 2.07. The van der Waals surface area contributed by atoms with Crippen LogP contribution in [0.4, 0.5) is 4.39 Å². The van der Waals surface area contributed by atoms with Gasteiger partial charge < -0.3 is 5.32 Å². The van der Waals surface area contributed by atoms with Gasteiger partial charge in [-0.3, -0.25) is 0 Å².